The lowest BCUT2D eigenvalue weighted by molar-refractivity contribution is -0.384. The lowest BCUT2D eigenvalue weighted by Crippen LogP contribution is -2.30. The van der Waals surface area contributed by atoms with E-state index < -0.39 is 22.4 Å². The summed E-state index contributed by atoms with van der Waals surface area (Å²) in [6.07, 6.45) is 0. The van der Waals surface area contributed by atoms with Crippen molar-refractivity contribution in [1.82, 2.24) is 0 Å². The van der Waals surface area contributed by atoms with E-state index in [1.807, 2.05) is 0 Å². The summed E-state index contributed by atoms with van der Waals surface area (Å²) in [6, 6.07) is 15.0. The van der Waals surface area contributed by atoms with E-state index in [-0.39, 0.29) is 28.3 Å². The number of halogens is 1. The van der Waals surface area contributed by atoms with E-state index in [9.17, 15) is 19.7 Å². The highest BCUT2D eigenvalue weighted by molar-refractivity contribution is 6.36. The van der Waals surface area contributed by atoms with Crippen molar-refractivity contribution in [3.63, 3.8) is 0 Å². The molecule has 9 heteroatoms. The molecule has 3 aromatic carbocycles. The molecule has 0 aromatic heterocycles. The molecule has 0 saturated heterocycles. The molecule has 0 bridgehead atoms. The summed E-state index contributed by atoms with van der Waals surface area (Å²) >= 11 is 5.87. The van der Waals surface area contributed by atoms with Gasteiger partial charge in [-0.25, -0.2) is 4.90 Å². The molecule has 2 amide bonds. The molecule has 0 atom stereocenters. The fraction of sp³-hybridized carbons (Fsp3) is 0.0476. The summed E-state index contributed by atoms with van der Waals surface area (Å²) in [7, 11) is 1.36. The van der Waals surface area contributed by atoms with Crippen LogP contribution < -0.4 is 14.4 Å². The highest BCUT2D eigenvalue weighted by atomic mass is 35.5. The zero-order valence-electron chi connectivity index (χ0n) is 15.5. The summed E-state index contributed by atoms with van der Waals surface area (Å²) in [5, 5.41) is 12.1. The number of rotatable bonds is 5. The van der Waals surface area contributed by atoms with E-state index >= 15 is 0 Å². The van der Waals surface area contributed by atoms with Gasteiger partial charge in [0.1, 0.15) is 22.9 Å². The molecule has 0 saturated carbocycles. The second kappa shape index (κ2) is 7.49. The molecule has 30 heavy (non-hydrogen) atoms. The quantitative estimate of drug-likeness (QED) is 0.330. The van der Waals surface area contributed by atoms with Crippen molar-refractivity contribution < 1.29 is 24.0 Å². The number of fused-ring (bicyclic) bond motifs is 1. The number of benzene rings is 3. The summed E-state index contributed by atoms with van der Waals surface area (Å²) in [4.78, 5) is 37.8. The first kappa shape index (κ1) is 19.4. The van der Waals surface area contributed by atoms with Crippen LogP contribution in [0.15, 0.2) is 60.7 Å². The molecule has 1 heterocycles. The fourth-order valence-electron chi connectivity index (χ4n) is 3.15. The summed E-state index contributed by atoms with van der Waals surface area (Å²) in [6.45, 7) is 0. The minimum Gasteiger partial charge on any atom is -0.496 e. The Labute approximate surface area is 175 Å². The Kier molecular flexibility index (Phi) is 4.85. The van der Waals surface area contributed by atoms with E-state index in [2.05, 4.69) is 0 Å². The van der Waals surface area contributed by atoms with E-state index in [0.717, 1.165) is 11.0 Å². The number of ether oxygens (including phenoxy) is 2. The van der Waals surface area contributed by atoms with E-state index in [1.54, 1.807) is 36.4 Å². The average Bonchev–Trinajstić information content (AvgIpc) is 3.00. The monoisotopic (exact) mass is 424 g/mol. The molecule has 0 aliphatic carbocycles. The molecule has 1 aliphatic rings. The topological polar surface area (TPSA) is 99.0 Å². The van der Waals surface area contributed by atoms with Crippen LogP contribution in [-0.2, 0) is 0 Å². The van der Waals surface area contributed by atoms with Crippen LogP contribution in [0.5, 0.6) is 17.2 Å². The Hall–Kier alpha value is -3.91. The smallest absolute Gasteiger partial charge is 0.297 e. The number of amides is 2. The molecule has 0 N–H and O–H groups in total. The Balaban J connectivity index is 1.78. The molecule has 0 unspecified atom stereocenters. The molecule has 0 spiro atoms. The summed E-state index contributed by atoms with van der Waals surface area (Å²) in [5.41, 5.74) is -0.451. The molecule has 1 aliphatic heterocycles. The number of hydrogen-bond acceptors (Lipinski definition) is 6. The van der Waals surface area contributed by atoms with E-state index in [1.165, 1.54) is 25.3 Å². The second-order valence-corrected chi connectivity index (χ2v) is 6.73. The zero-order valence-corrected chi connectivity index (χ0v) is 16.3. The van der Waals surface area contributed by atoms with Crippen molar-refractivity contribution in [3.05, 3.63) is 86.9 Å². The molecule has 3 aromatic rings. The maximum Gasteiger partial charge on any atom is 0.297 e. The molecular weight excluding hydrogens is 412 g/mol. The van der Waals surface area contributed by atoms with Gasteiger partial charge in [-0.3, -0.25) is 19.7 Å². The largest absolute Gasteiger partial charge is 0.496 e. The first-order valence-electron chi connectivity index (χ1n) is 8.68. The molecule has 4 rings (SSSR count). The van der Waals surface area contributed by atoms with Gasteiger partial charge in [0.05, 0.1) is 29.2 Å². The van der Waals surface area contributed by atoms with Gasteiger partial charge in [0, 0.05) is 5.02 Å². The third-order valence-corrected chi connectivity index (χ3v) is 4.79. The van der Waals surface area contributed by atoms with Gasteiger partial charge in [0.25, 0.3) is 17.5 Å². The van der Waals surface area contributed by atoms with Crippen LogP contribution in [0.4, 0.5) is 11.4 Å². The number of methoxy groups -OCH3 is 1. The average molecular weight is 425 g/mol. The van der Waals surface area contributed by atoms with Crippen LogP contribution in [0.3, 0.4) is 0 Å². The normalized spacial score (nSPS) is 12.7. The van der Waals surface area contributed by atoms with Gasteiger partial charge in [0.2, 0.25) is 0 Å². The van der Waals surface area contributed by atoms with Crippen molar-refractivity contribution in [2.75, 3.05) is 12.0 Å². The fourth-order valence-corrected chi connectivity index (χ4v) is 3.28. The number of nitro groups is 1. The number of carbonyl (C=O) groups excluding carboxylic acids is 2. The van der Waals surface area contributed by atoms with Gasteiger partial charge in [-0.05, 0) is 48.5 Å². The Bertz CT molecular complexity index is 1190. The maximum absolute atomic E-state index is 13.2. The number of nitro benzene ring substituents is 1. The number of anilines is 1. The first-order valence-corrected chi connectivity index (χ1v) is 9.06. The second-order valence-electron chi connectivity index (χ2n) is 6.29. The maximum atomic E-state index is 13.2. The standard InChI is InChI=1S/C21H13ClN2O6/c1-29-14-9-10-16(17(11-14)24(27)28)23-20(25)15-3-2-4-18(19(15)21(23)26)30-13-7-5-12(22)6-8-13/h2-11H,1H3. The van der Waals surface area contributed by atoms with Gasteiger partial charge in [-0.1, -0.05) is 17.7 Å². The van der Waals surface area contributed by atoms with Crippen LogP contribution in [-0.4, -0.2) is 23.8 Å². The summed E-state index contributed by atoms with van der Waals surface area (Å²) < 4.78 is 10.8. The zero-order chi connectivity index (χ0) is 21.4. The Morgan fingerprint density at radius 1 is 0.967 bits per heavy atom. The molecule has 150 valence electrons. The number of nitrogens with zero attached hydrogens (tertiary/aromatic N) is 2. The minimum atomic E-state index is -0.715. The van der Waals surface area contributed by atoms with Gasteiger partial charge in [0.15, 0.2) is 0 Å². The minimum absolute atomic E-state index is 0.0302. The van der Waals surface area contributed by atoms with Crippen molar-refractivity contribution >= 4 is 34.8 Å². The lowest BCUT2D eigenvalue weighted by atomic mass is 10.1. The van der Waals surface area contributed by atoms with E-state index in [4.69, 9.17) is 21.1 Å². The Morgan fingerprint density at radius 3 is 2.33 bits per heavy atom. The van der Waals surface area contributed by atoms with Gasteiger partial charge in [-0.2, -0.15) is 0 Å². The van der Waals surface area contributed by atoms with Crippen molar-refractivity contribution in [2.24, 2.45) is 0 Å². The number of hydrogen-bond donors (Lipinski definition) is 0. The molecule has 0 fully saturated rings. The number of imide groups is 1. The van der Waals surface area contributed by atoms with Crippen molar-refractivity contribution in [2.45, 2.75) is 0 Å². The van der Waals surface area contributed by atoms with Crippen LogP contribution in [0.2, 0.25) is 5.02 Å². The Morgan fingerprint density at radius 2 is 1.67 bits per heavy atom. The van der Waals surface area contributed by atoms with Gasteiger partial charge < -0.3 is 9.47 Å². The van der Waals surface area contributed by atoms with Crippen molar-refractivity contribution in [3.8, 4) is 17.2 Å². The third-order valence-electron chi connectivity index (χ3n) is 4.54. The van der Waals surface area contributed by atoms with Crippen LogP contribution in [0.1, 0.15) is 20.7 Å². The molecule has 8 nitrogen and oxygen atoms in total. The van der Waals surface area contributed by atoms with Gasteiger partial charge >= 0.3 is 0 Å². The van der Waals surface area contributed by atoms with Crippen LogP contribution in [0, 0.1) is 10.1 Å². The summed E-state index contributed by atoms with van der Waals surface area (Å²) in [5.74, 6) is -0.583. The number of carbonyl (C=O) groups is 2. The molecule has 0 radical (unpaired) electrons. The van der Waals surface area contributed by atoms with Crippen molar-refractivity contribution in [1.29, 1.82) is 0 Å². The van der Waals surface area contributed by atoms with Crippen LogP contribution >= 0.6 is 11.6 Å². The predicted molar refractivity (Wildman–Crippen MR) is 109 cm³/mol. The first-order chi connectivity index (χ1) is 14.4. The highest BCUT2D eigenvalue weighted by Gasteiger charge is 2.42. The van der Waals surface area contributed by atoms with E-state index in [0.29, 0.717) is 10.8 Å². The third kappa shape index (κ3) is 3.23. The highest BCUT2D eigenvalue weighted by Crippen LogP contribution is 2.40. The molecular formula is C21H13ClN2O6. The SMILES string of the molecule is COc1ccc(N2C(=O)c3cccc(Oc4ccc(Cl)cc4)c3C2=O)c([N+](=O)[O-])c1. The lowest BCUT2D eigenvalue weighted by Gasteiger charge is -2.15. The van der Waals surface area contributed by atoms with Crippen LogP contribution in [0.25, 0.3) is 0 Å². The predicted octanol–water partition coefficient (Wildman–Crippen LogP) is 4.85. The van der Waals surface area contributed by atoms with Gasteiger partial charge in [-0.15, -0.1) is 0 Å².